The number of nitrogens with zero attached hydrogens (tertiary/aromatic N) is 1. The van der Waals surface area contributed by atoms with Gasteiger partial charge in [0.05, 0.1) is 0 Å². The van der Waals surface area contributed by atoms with E-state index in [1.54, 1.807) is 20.8 Å². The second-order valence-corrected chi connectivity index (χ2v) is 6.57. The Balaban J connectivity index is 2.05. The van der Waals surface area contributed by atoms with Crippen molar-refractivity contribution in [2.45, 2.75) is 52.1 Å². The van der Waals surface area contributed by atoms with Crippen molar-refractivity contribution in [1.82, 2.24) is 4.90 Å². The van der Waals surface area contributed by atoms with Gasteiger partial charge in [0.1, 0.15) is 5.60 Å². The summed E-state index contributed by atoms with van der Waals surface area (Å²) in [7, 11) is 0. The fourth-order valence-corrected chi connectivity index (χ4v) is 2.65. The van der Waals surface area contributed by atoms with Crippen LogP contribution in [0.2, 0.25) is 0 Å². The highest BCUT2D eigenvalue weighted by molar-refractivity contribution is 5.93. The minimum atomic E-state index is -0.579. The van der Waals surface area contributed by atoms with Gasteiger partial charge in [-0.2, -0.15) is 0 Å². The number of likely N-dealkylation sites (tertiary alicyclic amines) is 1. The Morgan fingerprint density at radius 2 is 1.95 bits per heavy atom. The Bertz CT molecular complexity index is 545. The van der Waals surface area contributed by atoms with Crippen molar-refractivity contribution >= 4 is 12.0 Å². The molecule has 0 aliphatic carbocycles. The Hall–Kier alpha value is -1.84. The minimum absolute atomic E-state index is 0.149. The summed E-state index contributed by atoms with van der Waals surface area (Å²) in [6, 6.07) is 8.11. The van der Waals surface area contributed by atoms with Gasteiger partial charge >= 0.3 is 6.09 Å². The molecule has 2 rings (SSSR count). The molecule has 1 aliphatic rings. The summed E-state index contributed by atoms with van der Waals surface area (Å²) in [6.07, 6.45) is 0.621. The average Bonchev–Trinajstić information content (AvgIpc) is 2.37. The number of carbonyl (C=O) groups is 2. The summed E-state index contributed by atoms with van der Waals surface area (Å²) in [5, 5.41) is 0. The zero-order chi connectivity index (χ0) is 15.6. The molecule has 1 atom stereocenters. The van der Waals surface area contributed by atoms with E-state index < -0.39 is 11.7 Å². The first-order valence-corrected chi connectivity index (χ1v) is 7.37. The van der Waals surface area contributed by atoms with Gasteiger partial charge in [0.25, 0.3) is 0 Å². The molecule has 1 aliphatic heterocycles. The lowest BCUT2D eigenvalue weighted by Crippen LogP contribution is -2.45. The third-order valence-corrected chi connectivity index (χ3v) is 3.67. The number of hydrogen-bond donors (Lipinski definition) is 0. The maximum Gasteiger partial charge on any atom is 0.417 e. The molecule has 1 heterocycles. The number of carbonyl (C=O) groups excluding carboxylic acids is 2. The highest BCUT2D eigenvalue weighted by atomic mass is 16.6. The molecule has 4 nitrogen and oxygen atoms in total. The predicted molar refractivity (Wildman–Crippen MR) is 81.1 cm³/mol. The van der Waals surface area contributed by atoms with Crippen molar-refractivity contribution in [3.63, 3.8) is 0 Å². The van der Waals surface area contributed by atoms with Crippen molar-refractivity contribution in [1.29, 1.82) is 0 Å². The number of imide groups is 1. The van der Waals surface area contributed by atoms with Crippen LogP contribution >= 0.6 is 0 Å². The summed E-state index contributed by atoms with van der Waals surface area (Å²) in [4.78, 5) is 25.5. The average molecular weight is 289 g/mol. The molecule has 21 heavy (non-hydrogen) atoms. The van der Waals surface area contributed by atoms with Gasteiger partial charge < -0.3 is 4.74 Å². The summed E-state index contributed by atoms with van der Waals surface area (Å²) in [5.41, 5.74) is 1.82. The van der Waals surface area contributed by atoms with E-state index >= 15 is 0 Å². The van der Waals surface area contributed by atoms with E-state index in [9.17, 15) is 9.59 Å². The number of piperidine rings is 1. The maximum atomic E-state index is 12.2. The normalized spacial score (nSPS) is 19.5. The molecule has 2 amide bonds. The van der Waals surface area contributed by atoms with Crippen molar-refractivity contribution in [3.05, 3.63) is 35.4 Å². The number of rotatable bonds is 1. The molecule has 1 saturated heterocycles. The molecule has 1 aromatic rings. The molecule has 1 aromatic carbocycles. The fourth-order valence-electron chi connectivity index (χ4n) is 2.65. The molecule has 0 bridgehead atoms. The lowest BCUT2D eigenvalue weighted by molar-refractivity contribution is -0.132. The standard InChI is InChI=1S/C17H23NO3/c1-12-7-5-6-8-14(12)13-9-10-18(15(19)11-13)16(20)21-17(2,3)4/h5-8,13H,9-11H2,1-4H3. The SMILES string of the molecule is Cc1ccccc1C1CCN(C(=O)OC(C)(C)C)C(=O)C1. The van der Waals surface area contributed by atoms with Crippen LogP contribution in [-0.4, -0.2) is 29.0 Å². The first-order chi connectivity index (χ1) is 9.78. The largest absolute Gasteiger partial charge is 0.443 e. The predicted octanol–water partition coefficient (Wildman–Crippen LogP) is 3.64. The van der Waals surface area contributed by atoms with Crippen LogP contribution in [-0.2, 0) is 9.53 Å². The molecular weight excluding hydrogens is 266 g/mol. The number of benzene rings is 1. The Morgan fingerprint density at radius 3 is 2.52 bits per heavy atom. The minimum Gasteiger partial charge on any atom is -0.443 e. The van der Waals surface area contributed by atoms with Gasteiger partial charge in [-0.25, -0.2) is 9.69 Å². The topological polar surface area (TPSA) is 46.6 Å². The van der Waals surface area contributed by atoms with E-state index in [4.69, 9.17) is 4.74 Å². The van der Waals surface area contributed by atoms with Gasteiger partial charge in [0, 0.05) is 13.0 Å². The number of amides is 2. The zero-order valence-corrected chi connectivity index (χ0v) is 13.2. The molecule has 114 valence electrons. The van der Waals surface area contributed by atoms with Gasteiger partial charge in [0.15, 0.2) is 0 Å². The van der Waals surface area contributed by atoms with Crippen LogP contribution in [0.25, 0.3) is 0 Å². The van der Waals surface area contributed by atoms with Gasteiger partial charge in [0.2, 0.25) is 5.91 Å². The quantitative estimate of drug-likeness (QED) is 0.793. The second kappa shape index (κ2) is 5.88. The van der Waals surface area contributed by atoms with Crippen molar-refractivity contribution in [2.24, 2.45) is 0 Å². The Morgan fingerprint density at radius 1 is 1.29 bits per heavy atom. The van der Waals surface area contributed by atoms with Crippen LogP contribution in [0.3, 0.4) is 0 Å². The van der Waals surface area contributed by atoms with Crippen LogP contribution in [0.15, 0.2) is 24.3 Å². The van der Waals surface area contributed by atoms with E-state index in [2.05, 4.69) is 19.1 Å². The van der Waals surface area contributed by atoms with E-state index in [0.717, 1.165) is 6.42 Å². The van der Waals surface area contributed by atoms with E-state index in [-0.39, 0.29) is 11.8 Å². The van der Waals surface area contributed by atoms with E-state index in [0.29, 0.717) is 13.0 Å². The van der Waals surface area contributed by atoms with Crippen LogP contribution in [0.4, 0.5) is 4.79 Å². The highest BCUT2D eigenvalue weighted by Crippen LogP contribution is 2.31. The Kier molecular flexibility index (Phi) is 4.35. The van der Waals surface area contributed by atoms with Crippen LogP contribution in [0.1, 0.15) is 50.7 Å². The molecule has 4 heteroatoms. The van der Waals surface area contributed by atoms with E-state index in [1.165, 1.54) is 16.0 Å². The first kappa shape index (κ1) is 15.5. The third kappa shape index (κ3) is 3.84. The van der Waals surface area contributed by atoms with Crippen LogP contribution < -0.4 is 0 Å². The van der Waals surface area contributed by atoms with Crippen molar-refractivity contribution in [2.75, 3.05) is 6.54 Å². The fraction of sp³-hybridized carbons (Fsp3) is 0.529. The van der Waals surface area contributed by atoms with Crippen molar-refractivity contribution in [3.8, 4) is 0 Å². The molecule has 0 spiro atoms. The number of hydrogen-bond acceptors (Lipinski definition) is 3. The molecule has 0 aromatic heterocycles. The number of aryl methyl sites for hydroxylation is 1. The van der Waals surface area contributed by atoms with Gasteiger partial charge in [-0.3, -0.25) is 4.79 Å². The summed E-state index contributed by atoms with van der Waals surface area (Å²) < 4.78 is 5.28. The smallest absolute Gasteiger partial charge is 0.417 e. The van der Waals surface area contributed by atoms with Crippen LogP contribution in [0.5, 0.6) is 0 Å². The summed E-state index contributed by atoms with van der Waals surface area (Å²) >= 11 is 0. The summed E-state index contributed by atoms with van der Waals surface area (Å²) in [5.74, 6) is 0.0427. The molecule has 0 saturated carbocycles. The van der Waals surface area contributed by atoms with Crippen molar-refractivity contribution < 1.29 is 14.3 Å². The van der Waals surface area contributed by atoms with Gasteiger partial charge in [-0.05, 0) is 51.2 Å². The monoisotopic (exact) mass is 289 g/mol. The number of ether oxygens (including phenoxy) is 1. The van der Waals surface area contributed by atoms with Gasteiger partial charge in [-0.1, -0.05) is 24.3 Å². The highest BCUT2D eigenvalue weighted by Gasteiger charge is 2.33. The zero-order valence-electron chi connectivity index (χ0n) is 13.2. The molecule has 1 unspecified atom stereocenters. The van der Waals surface area contributed by atoms with E-state index in [1.807, 2.05) is 12.1 Å². The second-order valence-electron chi connectivity index (χ2n) is 6.57. The lowest BCUT2D eigenvalue weighted by atomic mass is 9.86. The molecule has 1 fully saturated rings. The Labute approximate surface area is 126 Å². The lowest BCUT2D eigenvalue weighted by Gasteiger charge is -2.32. The van der Waals surface area contributed by atoms with Crippen LogP contribution in [0, 0.1) is 6.92 Å². The summed E-state index contributed by atoms with van der Waals surface area (Å²) in [6.45, 7) is 7.88. The first-order valence-electron chi connectivity index (χ1n) is 7.37. The third-order valence-electron chi connectivity index (χ3n) is 3.67. The molecular formula is C17H23NO3. The molecule has 0 N–H and O–H groups in total. The maximum absolute atomic E-state index is 12.2. The molecule has 0 radical (unpaired) electrons. The van der Waals surface area contributed by atoms with Gasteiger partial charge in [-0.15, -0.1) is 0 Å².